The number of anilines is 1. The Morgan fingerprint density at radius 2 is 2.43 bits per heavy atom. The predicted octanol–water partition coefficient (Wildman–Crippen LogP) is 1.30. The monoisotopic (exact) mass is 206 g/mol. The number of nitrogen functional groups attached to an aromatic ring is 1. The van der Waals surface area contributed by atoms with Gasteiger partial charge < -0.3 is 5.73 Å². The van der Waals surface area contributed by atoms with Gasteiger partial charge >= 0.3 is 0 Å². The molecule has 2 N–H and O–H groups in total. The SMILES string of the molecule is C#CCn1nc(Cl)c2c(N)ccnc21. The van der Waals surface area contributed by atoms with Crippen molar-refractivity contribution in [2.45, 2.75) is 6.54 Å². The van der Waals surface area contributed by atoms with Crippen LogP contribution in [0.25, 0.3) is 11.0 Å². The molecule has 0 amide bonds. The number of pyridine rings is 1. The fourth-order valence-electron chi connectivity index (χ4n) is 1.27. The van der Waals surface area contributed by atoms with Crippen molar-refractivity contribution in [3.8, 4) is 12.3 Å². The molecule has 0 aliphatic carbocycles. The predicted molar refractivity (Wildman–Crippen MR) is 55.8 cm³/mol. The Morgan fingerprint density at radius 1 is 1.64 bits per heavy atom. The lowest BCUT2D eigenvalue weighted by Gasteiger charge is -1.96. The van der Waals surface area contributed by atoms with Crippen molar-refractivity contribution < 1.29 is 0 Å². The second kappa shape index (κ2) is 3.20. The summed E-state index contributed by atoms with van der Waals surface area (Å²) in [5.74, 6) is 2.47. The Bertz CT molecular complexity index is 523. The van der Waals surface area contributed by atoms with Gasteiger partial charge in [-0.15, -0.1) is 6.42 Å². The minimum atomic E-state index is 0.333. The highest BCUT2D eigenvalue weighted by atomic mass is 35.5. The summed E-state index contributed by atoms with van der Waals surface area (Å²) in [4.78, 5) is 4.12. The minimum absolute atomic E-state index is 0.333. The van der Waals surface area contributed by atoms with E-state index in [1.165, 1.54) is 0 Å². The second-order valence-electron chi connectivity index (χ2n) is 2.75. The van der Waals surface area contributed by atoms with Crippen LogP contribution in [0.15, 0.2) is 12.3 Å². The van der Waals surface area contributed by atoms with Gasteiger partial charge in [0.15, 0.2) is 10.8 Å². The number of hydrogen-bond donors (Lipinski definition) is 1. The Labute approximate surface area is 85.7 Å². The van der Waals surface area contributed by atoms with Crippen LogP contribution in [0.1, 0.15) is 0 Å². The first-order chi connectivity index (χ1) is 6.74. The van der Waals surface area contributed by atoms with E-state index in [-0.39, 0.29) is 0 Å². The summed E-state index contributed by atoms with van der Waals surface area (Å²) >= 11 is 5.90. The molecule has 0 saturated heterocycles. The molecule has 5 heteroatoms. The van der Waals surface area contributed by atoms with Crippen LogP contribution in [-0.2, 0) is 6.54 Å². The molecule has 0 aliphatic rings. The van der Waals surface area contributed by atoms with Gasteiger partial charge in [0.05, 0.1) is 5.39 Å². The number of nitrogens with zero attached hydrogens (tertiary/aromatic N) is 3. The molecule has 2 aromatic rings. The number of aromatic nitrogens is 3. The van der Waals surface area contributed by atoms with Crippen LogP contribution in [0.4, 0.5) is 5.69 Å². The summed E-state index contributed by atoms with van der Waals surface area (Å²) < 4.78 is 1.55. The molecule has 2 rings (SSSR count). The summed E-state index contributed by atoms with van der Waals surface area (Å²) in [6.07, 6.45) is 6.79. The molecular formula is C9H7ClN4. The molecule has 0 unspecified atom stereocenters. The third-order valence-corrected chi connectivity index (χ3v) is 2.13. The van der Waals surface area contributed by atoms with Crippen LogP contribution in [0.5, 0.6) is 0 Å². The Kier molecular flexibility index (Phi) is 2.02. The van der Waals surface area contributed by atoms with Crippen LogP contribution in [0.2, 0.25) is 5.15 Å². The minimum Gasteiger partial charge on any atom is -0.398 e. The van der Waals surface area contributed by atoms with Crippen molar-refractivity contribution in [1.29, 1.82) is 0 Å². The number of nitrogens with two attached hydrogens (primary N) is 1. The molecule has 14 heavy (non-hydrogen) atoms. The molecule has 0 saturated carbocycles. The van der Waals surface area contributed by atoms with Crippen molar-refractivity contribution in [2.24, 2.45) is 0 Å². The summed E-state index contributed by atoms with van der Waals surface area (Å²) in [5, 5.41) is 5.03. The number of fused-ring (bicyclic) bond motifs is 1. The van der Waals surface area contributed by atoms with Gasteiger partial charge in [0.2, 0.25) is 0 Å². The lowest BCUT2D eigenvalue weighted by molar-refractivity contribution is 0.734. The number of hydrogen-bond acceptors (Lipinski definition) is 3. The average molecular weight is 207 g/mol. The fraction of sp³-hybridized carbons (Fsp3) is 0.111. The van der Waals surface area contributed by atoms with E-state index in [0.717, 1.165) is 0 Å². The number of terminal acetylenes is 1. The highest BCUT2D eigenvalue weighted by Crippen LogP contribution is 2.26. The molecule has 0 atom stereocenters. The number of halogens is 1. The molecule has 2 aromatic heterocycles. The highest BCUT2D eigenvalue weighted by Gasteiger charge is 2.11. The van der Waals surface area contributed by atoms with Crippen molar-refractivity contribution >= 4 is 28.3 Å². The van der Waals surface area contributed by atoms with Gasteiger partial charge in [-0.1, -0.05) is 17.5 Å². The van der Waals surface area contributed by atoms with Gasteiger partial charge in [-0.3, -0.25) is 0 Å². The lowest BCUT2D eigenvalue weighted by Crippen LogP contribution is -1.98. The summed E-state index contributed by atoms with van der Waals surface area (Å²) in [7, 11) is 0. The molecule has 0 spiro atoms. The highest BCUT2D eigenvalue weighted by molar-refractivity contribution is 6.35. The molecule has 0 aliphatic heterocycles. The molecule has 0 bridgehead atoms. The number of rotatable bonds is 1. The van der Waals surface area contributed by atoms with Gasteiger partial charge in [-0.25, -0.2) is 9.67 Å². The van der Waals surface area contributed by atoms with Crippen molar-refractivity contribution in [3.63, 3.8) is 0 Å². The van der Waals surface area contributed by atoms with Gasteiger partial charge in [0.1, 0.15) is 6.54 Å². The van der Waals surface area contributed by atoms with E-state index in [4.69, 9.17) is 23.8 Å². The first kappa shape index (κ1) is 8.85. The maximum atomic E-state index is 5.90. The van der Waals surface area contributed by atoms with E-state index in [9.17, 15) is 0 Å². The van der Waals surface area contributed by atoms with E-state index >= 15 is 0 Å². The maximum Gasteiger partial charge on any atom is 0.162 e. The van der Waals surface area contributed by atoms with E-state index in [0.29, 0.717) is 28.4 Å². The first-order valence-electron chi connectivity index (χ1n) is 3.94. The third kappa shape index (κ3) is 1.19. The van der Waals surface area contributed by atoms with Gasteiger partial charge in [-0.05, 0) is 6.07 Å². The Hall–Kier alpha value is -1.73. The molecule has 70 valence electrons. The summed E-state index contributed by atoms with van der Waals surface area (Å²) in [6.45, 7) is 0.333. The molecular weight excluding hydrogens is 200 g/mol. The first-order valence-corrected chi connectivity index (χ1v) is 4.32. The normalized spacial score (nSPS) is 10.3. The van der Waals surface area contributed by atoms with Crippen LogP contribution in [-0.4, -0.2) is 14.8 Å². The zero-order valence-corrected chi connectivity index (χ0v) is 7.99. The van der Waals surface area contributed by atoms with Crippen molar-refractivity contribution in [1.82, 2.24) is 14.8 Å². The fourth-order valence-corrected chi connectivity index (χ4v) is 1.56. The van der Waals surface area contributed by atoms with Crippen LogP contribution in [0, 0.1) is 12.3 Å². The second-order valence-corrected chi connectivity index (χ2v) is 3.11. The van der Waals surface area contributed by atoms with E-state index in [1.54, 1.807) is 16.9 Å². The average Bonchev–Trinajstić information content (AvgIpc) is 2.46. The topological polar surface area (TPSA) is 56.7 Å². The Morgan fingerprint density at radius 3 is 3.14 bits per heavy atom. The standard InChI is InChI=1S/C9H7ClN4/c1-2-5-14-9-7(8(10)13-14)6(11)3-4-12-9/h1,3-4H,5H2,(H2,11,12). The van der Waals surface area contributed by atoms with Gasteiger partial charge in [-0.2, -0.15) is 5.10 Å². The van der Waals surface area contributed by atoms with E-state index < -0.39 is 0 Å². The van der Waals surface area contributed by atoms with Crippen LogP contribution < -0.4 is 5.73 Å². The molecule has 0 radical (unpaired) electrons. The Balaban J connectivity index is 2.79. The van der Waals surface area contributed by atoms with Crippen molar-refractivity contribution in [2.75, 3.05) is 5.73 Å². The van der Waals surface area contributed by atoms with Crippen molar-refractivity contribution in [3.05, 3.63) is 17.4 Å². The zero-order valence-electron chi connectivity index (χ0n) is 7.24. The van der Waals surface area contributed by atoms with E-state index in [2.05, 4.69) is 16.0 Å². The summed E-state index contributed by atoms with van der Waals surface area (Å²) in [6, 6.07) is 1.68. The largest absolute Gasteiger partial charge is 0.398 e. The lowest BCUT2D eigenvalue weighted by atomic mass is 10.3. The maximum absolute atomic E-state index is 5.90. The summed E-state index contributed by atoms with van der Waals surface area (Å²) in [5.41, 5.74) is 6.91. The third-order valence-electron chi connectivity index (χ3n) is 1.86. The molecule has 2 heterocycles. The van der Waals surface area contributed by atoms with Gasteiger partial charge in [0.25, 0.3) is 0 Å². The van der Waals surface area contributed by atoms with Crippen LogP contribution in [0.3, 0.4) is 0 Å². The molecule has 0 aromatic carbocycles. The molecule has 4 nitrogen and oxygen atoms in total. The smallest absolute Gasteiger partial charge is 0.162 e. The zero-order chi connectivity index (χ0) is 10.1. The molecule has 0 fully saturated rings. The quantitative estimate of drug-likeness (QED) is 0.716. The van der Waals surface area contributed by atoms with E-state index in [1.807, 2.05) is 0 Å². The van der Waals surface area contributed by atoms with Crippen LogP contribution >= 0.6 is 11.6 Å². The van der Waals surface area contributed by atoms with Gasteiger partial charge in [0, 0.05) is 11.9 Å².